The van der Waals surface area contributed by atoms with Gasteiger partial charge in [0.05, 0.1) is 26.4 Å². The Hall–Kier alpha value is -2.89. The lowest BCUT2D eigenvalue weighted by Gasteiger charge is -2.27. The van der Waals surface area contributed by atoms with Gasteiger partial charge in [-0.15, -0.1) is 0 Å². The fraction of sp³-hybridized carbons (Fsp3) is 0.172. The highest BCUT2D eigenvalue weighted by Gasteiger charge is 2.52. The smallest absolute Gasteiger partial charge is 0.301 e. The van der Waals surface area contributed by atoms with E-state index in [2.05, 4.69) is 0 Å². The molecular weight excluding hydrogens is 525 g/mol. The number of alkyl halides is 1. The van der Waals surface area contributed by atoms with E-state index in [1.54, 1.807) is 97.1 Å². The average Bonchev–Trinajstić information content (AvgIpc) is 2.99. The molecule has 0 heterocycles. The third-order valence-corrected chi connectivity index (χ3v) is 10.2. The summed E-state index contributed by atoms with van der Waals surface area (Å²) >= 11 is 0. The second kappa shape index (κ2) is 13.8. The number of rotatable bonds is 14. The van der Waals surface area contributed by atoms with Gasteiger partial charge in [-0.05, 0) is 22.3 Å². The summed E-state index contributed by atoms with van der Waals surface area (Å²) in [4.78, 5) is 0. The summed E-state index contributed by atoms with van der Waals surface area (Å²) in [5, 5.41) is 0. The van der Waals surface area contributed by atoms with E-state index in [0.29, 0.717) is 22.3 Å². The first kappa shape index (κ1) is 28.1. The van der Waals surface area contributed by atoms with E-state index < -0.39 is 20.8 Å². The first-order chi connectivity index (χ1) is 18.5. The van der Waals surface area contributed by atoms with E-state index in [9.17, 15) is 9.13 Å². The Bertz CT molecular complexity index is 1140. The van der Waals surface area contributed by atoms with Gasteiger partial charge < -0.3 is 18.1 Å². The fourth-order valence-corrected chi connectivity index (χ4v) is 7.59. The van der Waals surface area contributed by atoms with Gasteiger partial charge in [0.1, 0.15) is 0 Å². The maximum atomic E-state index is 16.3. The Morgan fingerprint density at radius 2 is 0.658 bits per heavy atom. The molecule has 0 saturated heterocycles. The van der Waals surface area contributed by atoms with Crippen LogP contribution in [0.4, 0.5) is 4.39 Å². The minimum absolute atomic E-state index is 0.218. The van der Waals surface area contributed by atoms with Crippen LogP contribution in [-0.2, 0) is 53.7 Å². The van der Waals surface area contributed by atoms with Crippen molar-refractivity contribution in [2.24, 2.45) is 0 Å². The molecule has 0 aliphatic carbocycles. The minimum Gasteiger partial charge on any atom is -0.301 e. The molecule has 0 aromatic heterocycles. The molecule has 4 rings (SSSR count). The number of hydrogen-bond donors (Lipinski definition) is 0. The van der Waals surface area contributed by atoms with Gasteiger partial charge in [-0.3, -0.25) is 9.13 Å². The van der Waals surface area contributed by atoms with E-state index >= 15 is 4.39 Å². The van der Waals surface area contributed by atoms with Gasteiger partial charge in [-0.2, -0.15) is 0 Å². The molecular formula is C29H29FO6P2. The van der Waals surface area contributed by atoms with Crippen molar-refractivity contribution in [2.75, 3.05) is 0 Å². The third kappa shape index (κ3) is 8.05. The highest BCUT2D eigenvalue weighted by molar-refractivity contribution is 7.72. The molecule has 0 spiro atoms. The zero-order valence-corrected chi connectivity index (χ0v) is 22.5. The molecule has 0 fully saturated rings. The third-order valence-electron chi connectivity index (χ3n) is 5.54. The normalized spacial score (nSPS) is 12.1. The highest BCUT2D eigenvalue weighted by atomic mass is 31.2. The lowest BCUT2D eigenvalue weighted by Crippen LogP contribution is -2.14. The lowest BCUT2D eigenvalue weighted by atomic mass is 10.2. The molecule has 0 radical (unpaired) electrons. The standard InChI is InChI=1S/C29H29FO6P2/c30-29(37(31,33-21-25-13-5-1-6-14-25)34-22-26-15-7-2-8-16-26)38(32,35-23-27-17-9-3-10-18-27)36-24-28-19-11-4-12-20-28/h1-20,29H,21-24H2. The maximum Gasteiger partial charge on any atom is 0.377 e. The molecule has 0 N–H and O–H groups in total. The second-order valence-corrected chi connectivity index (χ2v) is 12.9. The highest BCUT2D eigenvalue weighted by Crippen LogP contribution is 2.72. The van der Waals surface area contributed by atoms with Crippen molar-refractivity contribution in [1.82, 2.24) is 0 Å². The number of halogens is 1. The van der Waals surface area contributed by atoms with Crippen LogP contribution < -0.4 is 0 Å². The molecule has 9 heteroatoms. The van der Waals surface area contributed by atoms with Gasteiger partial charge in [0, 0.05) is 0 Å². The Labute approximate surface area is 222 Å². The molecule has 0 atom stereocenters. The summed E-state index contributed by atoms with van der Waals surface area (Å²) in [6.45, 7) is -0.870. The molecule has 6 nitrogen and oxygen atoms in total. The first-order valence-corrected chi connectivity index (χ1v) is 15.3. The zero-order valence-electron chi connectivity index (χ0n) is 20.7. The van der Waals surface area contributed by atoms with Crippen molar-refractivity contribution in [3.05, 3.63) is 144 Å². The monoisotopic (exact) mass is 554 g/mol. The van der Waals surface area contributed by atoms with Gasteiger partial charge >= 0.3 is 20.8 Å². The van der Waals surface area contributed by atoms with Crippen LogP contribution in [0.15, 0.2) is 121 Å². The van der Waals surface area contributed by atoms with Crippen LogP contribution in [0.2, 0.25) is 0 Å². The summed E-state index contributed by atoms with van der Waals surface area (Å²) in [6, 6.07) is 35.4. The van der Waals surface area contributed by atoms with E-state index in [4.69, 9.17) is 18.1 Å². The second-order valence-electron chi connectivity index (χ2n) is 8.43. The molecule has 198 valence electrons. The van der Waals surface area contributed by atoms with Crippen LogP contribution in [0.5, 0.6) is 0 Å². The molecule has 0 aliphatic heterocycles. The van der Waals surface area contributed by atoms with Gasteiger partial charge in [-0.1, -0.05) is 121 Å². The summed E-state index contributed by atoms with van der Waals surface area (Å²) in [5.74, 6) is 0. The van der Waals surface area contributed by atoms with Crippen molar-refractivity contribution >= 4 is 15.2 Å². The maximum absolute atomic E-state index is 16.3. The molecule has 0 amide bonds. The predicted octanol–water partition coefficient (Wildman–Crippen LogP) is 8.49. The van der Waals surface area contributed by atoms with Gasteiger partial charge in [0.25, 0.3) is 0 Å². The van der Waals surface area contributed by atoms with Crippen LogP contribution in [0.3, 0.4) is 0 Å². The number of hydrogen-bond acceptors (Lipinski definition) is 6. The zero-order chi connectivity index (χ0) is 26.7. The summed E-state index contributed by atoms with van der Waals surface area (Å²) in [6.07, 6.45) is 0. The molecule has 4 aromatic carbocycles. The average molecular weight is 554 g/mol. The molecule has 4 aromatic rings. The SMILES string of the molecule is O=P(OCc1ccccc1)(OCc1ccccc1)C(F)P(=O)(OCc1ccccc1)OCc1ccccc1. The summed E-state index contributed by atoms with van der Waals surface area (Å²) in [7, 11) is -9.37. The predicted molar refractivity (Wildman–Crippen MR) is 145 cm³/mol. The Morgan fingerprint density at radius 1 is 0.447 bits per heavy atom. The fourth-order valence-electron chi connectivity index (χ4n) is 3.45. The van der Waals surface area contributed by atoms with Crippen molar-refractivity contribution in [2.45, 2.75) is 32.1 Å². The quantitative estimate of drug-likeness (QED) is 0.146. The van der Waals surface area contributed by atoms with Crippen LogP contribution in [0, 0.1) is 0 Å². The Morgan fingerprint density at radius 3 is 0.868 bits per heavy atom. The van der Waals surface area contributed by atoms with Crippen LogP contribution >= 0.6 is 15.2 Å². The van der Waals surface area contributed by atoms with Crippen LogP contribution in [0.1, 0.15) is 22.3 Å². The number of benzene rings is 4. The molecule has 0 saturated carbocycles. The van der Waals surface area contributed by atoms with Gasteiger partial charge in [0.2, 0.25) is 0 Å². The van der Waals surface area contributed by atoms with Gasteiger partial charge in [-0.25, -0.2) is 4.39 Å². The van der Waals surface area contributed by atoms with E-state index in [1.807, 2.05) is 24.3 Å². The van der Waals surface area contributed by atoms with Crippen LogP contribution in [-0.4, -0.2) is 5.65 Å². The van der Waals surface area contributed by atoms with Crippen molar-refractivity contribution in [1.29, 1.82) is 0 Å². The Balaban J connectivity index is 1.60. The molecule has 38 heavy (non-hydrogen) atoms. The van der Waals surface area contributed by atoms with E-state index in [-0.39, 0.29) is 26.4 Å². The summed E-state index contributed by atoms with van der Waals surface area (Å²) in [5.41, 5.74) is -0.0984. The minimum atomic E-state index is -4.69. The van der Waals surface area contributed by atoms with E-state index in [1.165, 1.54) is 0 Å². The Kier molecular flexibility index (Phi) is 10.2. The van der Waals surface area contributed by atoms with Crippen molar-refractivity contribution < 1.29 is 31.6 Å². The van der Waals surface area contributed by atoms with Gasteiger partial charge in [0.15, 0.2) is 0 Å². The topological polar surface area (TPSA) is 71.1 Å². The van der Waals surface area contributed by atoms with Crippen LogP contribution in [0.25, 0.3) is 0 Å². The summed E-state index contributed by atoms with van der Waals surface area (Å²) < 4.78 is 66.5. The molecule has 0 bridgehead atoms. The van der Waals surface area contributed by atoms with Crippen molar-refractivity contribution in [3.8, 4) is 0 Å². The largest absolute Gasteiger partial charge is 0.377 e. The lowest BCUT2D eigenvalue weighted by molar-refractivity contribution is 0.147. The molecule has 0 aliphatic rings. The van der Waals surface area contributed by atoms with Crippen molar-refractivity contribution in [3.63, 3.8) is 0 Å². The first-order valence-electron chi connectivity index (χ1n) is 12.0. The molecule has 0 unspecified atom stereocenters. The van der Waals surface area contributed by atoms with E-state index in [0.717, 1.165) is 0 Å².